The smallest absolute Gasteiger partial charge is 0.235 e. The summed E-state index contributed by atoms with van der Waals surface area (Å²) in [5, 5.41) is 2.97. The molecule has 0 radical (unpaired) electrons. The summed E-state index contributed by atoms with van der Waals surface area (Å²) in [5.41, 5.74) is 4.24. The lowest BCUT2D eigenvalue weighted by Gasteiger charge is -2.23. The topological polar surface area (TPSA) is 66.5 Å². The van der Waals surface area contributed by atoms with Crippen molar-refractivity contribution in [2.45, 2.75) is 39.8 Å². The molecule has 0 saturated heterocycles. The zero-order valence-corrected chi connectivity index (χ0v) is 17.2. The molecule has 0 heterocycles. The average Bonchev–Trinajstić information content (AvgIpc) is 2.61. The SMILES string of the molecule is CC[C@@H](NC(=O)CN(Cc1ccccc1)S(C)(=O)=O)c1ccc(C)c(C)c1. The number of hydrogen-bond acceptors (Lipinski definition) is 3. The van der Waals surface area contributed by atoms with Crippen molar-refractivity contribution in [1.29, 1.82) is 0 Å². The Morgan fingerprint density at radius 1 is 1.07 bits per heavy atom. The van der Waals surface area contributed by atoms with Gasteiger partial charge in [-0.25, -0.2) is 8.42 Å². The summed E-state index contributed by atoms with van der Waals surface area (Å²) < 4.78 is 25.4. The number of hydrogen-bond donors (Lipinski definition) is 1. The molecule has 0 fully saturated rings. The molecule has 27 heavy (non-hydrogen) atoms. The minimum Gasteiger partial charge on any atom is -0.348 e. The summed E-state index contributed by atoms with van der Waals surface area (Å²) in [5.74, 6) is -0.304. The van der Waals surface area contributed by atoms with Gasteiger partial charge < -0.3 is 5.32 Å². The summed E-state index contributed by atoms with van der Waals surface area (Å²) in [7, 11) is -3.51. The van der Waals surface area contributed by atoms with Gasteiger partial charge in [-0.1, -0.05) is 55.5 Å². The Morgan fingerprint density at radius 2 is 1.74 bits per heavy atom. The van der Waals surface area contributed by atoms with Crippen LogP contribution in [0.1, 0.15) is 41.6 Å². The first-order valence-electron chi connectivity index (χ1n) is 9.06. The van der Waals surface area contributed by atoms with Crippen LogP contribution in [0.25, 0.3) is 0 Å². The number of rotatable bonds is 8. The molecule has 0 saturated carbocycles. The van der Waals surface area contributed by atoms with Gasteiger partial charge in [-0.3, -0.25) is 4.79 Å². The standard InChI is InChI=1S/C21H28N2O3S/c1-5-20(19-12-11-16(2)17(3)13-19)22-21(24)15-23(27(4,25)26)14-18-9-7-6-8-10-18/h6-13,20H,5,14-15H2,1-4H3,(H,22,24)/t20-/m1/s1. The van der Waals surface area contributed by atoms with E-state index in [0.717, 1.165) is 23.8 Å². The highest BCUT2D eigenvalue weighted by molar-refractivity contribution is 7.88. The summed E-state index contributed by atoms with van der Waals surface area (Å²) in [4.78, 5) is 12.6. The molecule has 1 atom stereocenters. The maximum absolute atomic E-state index is 12.6. The lowest BCUT2D eigenvalue weighted by molar-refractivity contribution is -0.122. The van der Waals surface area contributed by atoms with Gasteiger partial charge in [0, 0.05) is 6.54 Å². The Kier molecular flexibility index (Phi) is 7.16. The molecule has 0 unspecified atom stereocenters. The van der Waals surface area contributed by atoms with Crippen molar-refractivity contribution in [3.8, 4) is 0 Å². The summed E-state index contributed by atoms with van der Waals surface area (Å²) in [6.07, 6.45) is 1.86. The van der Waals surface area contributed by atoms with E-state index in [4.69, 9.17) is 0 Å². The quantitative estimate of drug-likeness (QED) is 0.754. The third-order valence-corrected chi connectivity index (χ3v) is 5.86. The highest BCUT2D eigenvalue weighted by atomic mass is 32.2. The van der Waals surface area contributed by atoms with Gasteiger partial charge in [0.25, 0.3) is 0 Å². The van der Waals surface area contributed by atoms with Crippen molar-refractivity contribution >= 4 is 15.9 Å². The highest BCUT2D eigenvalue weighted by Gasteiger charge is 2.22. The maximum Gasteiger partial charge on any atom is 0.235 e. The molecule has 1 amide bonds. The largest absolute Gasteiger partial charge is 0.348 e. The van der Waals surface area contributed by atoms with Gasteiger partial charge in [-0.15, -0.1) is 0 Å². The normalized spacial score (nSPS) is 12.8. The molecule has 0 aliphatic carbocycles. The molecule has 1 N–H and O–H groups in total. The number of amides is 1. The van der Waals surface area contributed by atoms with E-state index < -0.39 is 10.0 Å². The van der Waals surface area contributed by atoms with Gasteiger partial charge in [0.15, 0.2) is 0 Å². The molecule has 146 valence electrons. The van der Waals surface area contributed by atoms with Crippen LogP contribution in [0.3, 0.4) is 0 Å². The molecule has 2 aromatic carbocycles. The molecule has 0 aromatic heterocycles. The van der Waals surface area contributed by atoms with Crippen molar-refractivity contribution in [2.24, 2.45) is 0 Å². The van der Waals surface area contributed by atoms with E-state index in [1.54, 1.807) is 0 Å². The molecule has 0 aliphatic rings. The van der Waals surface area contributed by atoms with Crippen molar-refractivity contribution in [3.63, 3.8) is 0 Å². The minimum absolute atomic E-state index is 0.144. The Balaban J connectivity index is 2.10. The molecule has 0 spiro atoms. The van der Waals surface area contributed by atoms with Crippen LogP contribution >= 0.6 is 0 Å². The van der Waals surface area contributed by atoms with E-state index in [-0.39, 0.29) is 25.0 Å². The third-order valence-electron chi connectivity index (χ3n) is 4.67. The highest BCUT2D eigenvalue weighted by Crippen LogP contribution is 2.20. The molecule has 0 aliphatic heterocycles. The second-order valence-corrected chi connectivity index (χ2v) is 8.87. The second-order valence-electron chi connectivity index (χ2n) is 6.89. The van der Waals surface area contributed by atoms with Crippen LogP contribution in [0.4, 0.5) is 0 Å². The van der Waals surface area contributed by atoms with Crippen LogP contribution in [0.5, 0.6) is 0 Å². The summed E-state index contributed by atoms with van der Waals surface area (Å²) >= 11 is 0. The predicted octanol–water partition coefficient (Wildman–Crippen LogP) is 3.33. The third kappa shape index (κ3) is 6.19. The van der Waals surface area contributed by atoms with Crippen molar-refractivity contribution in [1.82, 2.24) is 9.62 Å². The Morgan fingerprint density at radius 3 is 2.30 bits per heavy atom. The van der Waals surface area contributed by atoms with Gasteiger partial charge in [-0.2, -0.15) is 4.31 Å². The molecule has 5 nitrogen and oxygen atoms in total. The second kappa shape index (κ2) is 9.15. The van der Waals surface area contributed by atoms with Crippen LogP contribution in [0.15, 0.2) is 48.5 Å². The van der Waals surface area contributed by atoms with E-state index in [2.05, 4.69) is 11.4 Å². The number of aryl methyl sites for hydroxylation is 2. The molecular weight excluding hydrogens is 360 g/mol. The molecule has 2 aromatic rings. The Hall–Kier alpha value is -2.18. The lowest BCUT2D eigenvalue weighted by atomic mass is 9.99. The average molecular weight is 389 g/mol. The maximum atomic E-state index is 12.6. The zero-order valence-electron chi connectivity index (χ0n) is 16.4. The van der Waals surface area contributed by atoms with Crippen LogP contribution in [0.2, 0.25) is 0 Å². The summed E-state index contributed by atoms with van der Waals surface area (Å²) in [6.45, 7) is 6.06. The van der Waals surface area contributed by atoms with Crippen LogP contribution < -0.4 is 5.32 Å². The molecular formula is C21H28N2O3S. The number of carbonyl (C=O) groups is 1. The van der Waals surface area contributed by atoms with Crippen molar-refractivity contribution in [3.05, 3.63) is 70.8 Å². The number of nitrogens with one attached hydrogen (secondary N) is 1. The fourth-order valence-corrected chi connectivity index (χ4v) is 3.62. The van der Waals surface area contributed by atoms with Crippen LogP contribution in [0, 0.1) is 13.8 Å². The Labute approximate surface area is 162 Å². The van der Waals surface area contributed by atoms with E-state index in [1.807, 2.05) is 63.2 Å². The fraction of sp³-hybridized carbons (Fsp3) is 0.381. The van der Waals surface area contributed by atoms with Gasteiger partial charge in [-0.05, 0) is 42.5 Å². The monoisotopic (exact) mass is 388 g/mol. The van der Waals surface area contributed by atoms with Crippen molar-refractivity contribution < 1.29 is 13.2 Å². The van der Waals surface area contributed by atoms with Gasteiger partial charge >= 0.3 is 0 Å². The molecule has 0 bridgehead atoms. The fourth-order valence-electron chi connectivity index (χ4n) is 2.88. The van der Waals surface area contributed by atoms with Gasteiger partial charge in [0.2, 0.25) is 15.9 Å². The Bertz CT molecular complexity index is 880. The lowest BCUT2D eigenvalue weighted by Crippen LogP contribution is -2.41. The molecule has 6 heteroatoms. The van der Waals surface area contributed by atoms with Crippen LogP contribution in [-0.4, -0.2) is 31.4 Å². The minimum atomic E-state index is -3.51. The number of nitrogens with zero attached hydrogens (tertiary/aromatic N) is 1. The van der Waals surface area contributed by atoms with Gasteiger partial charge in [0.05, 0.1) is 18.8 Å². The predicted molar refractivity (Wildman–Crippen MR) is 109 cm³/mol. The number of benzene rings is 2. The van der Waals surface area contributed by atoms with E-state index >= 15 is 0 Å². The van der Waals surface area contributed by atoms with E-state index in [1.165, 1.54) is 15.4 Å². The first-order chi connectivity index (χ1) is 12.7. The zero-order chi connectivity index (χ0) is 20.0. The summed E-state index contributed by atoms with van der Waals surface area (Å²) in [6, 6.07) is 15.2. The number of sulfonamides is 1. The first-order valence-corrected chi connectivity index (χ1v) is 10.9. The van der Waals surface area contributed by atoms with E-state index in [0.29, 0.717) is 0 Å². The van der Waals surface area contributed by atoms with Crippen LogP contribution in [-0.2, 0) is 21.4 Å². The van der Waals surface area contributed by atoms with Gasteiger partial charge in [0.1, 0.15) is 0 Å². The molecule has 2 rings (SSSR count). The van der Waals surface area contributed by atoms with E-state index in [9.17, 15) is 13.2 Å². The van der Waals surface area contributed by atoms with Crippen molar-refractivity contribution in [2.75, 3.05) is 12.8 Å². The number of carbonyl (C=O) groups excluding carboxylic acids is 1. The first kappa shape index (κ1) is 21.1.